The fraction of sp³-hybridized carbons (Fsp3) is 0.111. The number of hydrogen-bond acceptors (Lipinski definition) is 4. The summed E-state index contributed by atoms with van der Waals surface area (Å²) in [6, 6.07) is 9.85. The second-order valence-electron chi connectivity index (χ2n) is 5.21. The topological polar surface area (TPSA) is 55.8 Å². The number of hydrogen-bond donors (Lipinski definition) is 0. The molecule has 1 aliphatic heterocycles. The van der Waals surface area contributed by atoms with Crippen LogP contribution in [-0.2, 0) is 9.59 Å². The second-order valence-corrected chi connectivity index (χ2v) is 5.59. The van der Waals surface area contributed by atoms with Crippen LogP contribution in [0.4, 0.5) is 10.1 Å². The lowest BCUT2D eigenvalue weighted by molar-refractivity contribution is -0.119. The summed E-state index contributed by atoms with van der Waals surface area (Å²) < 4.78 is 23.4. The van der Waals surface area contributed by atoms with Crippen LogP contribution in [0.15, 0.2) is 47.5 Å². The summed E-state index contributed by atoms with van der Waals surface area (Å²) >= 11 is 6.10. The van der Waals surface area contributed by atoms with E-state index in [9.17, 15) is 14.0 Å². The number of rotatable bonds is 4. The van der Waals surface area contributed by atoms with E-state index in [2.05, 4.69) is 0 Å². The Hall–Kier alpha value is -2.86. The highest BCUT2D eigenvalue weighted by Crippen LogP contribution is 2.37. The fourth-order valence-corrected chi connectivity index (χ4v) is 2.80. The van der Waals surface area contributed by atoms with E-state index in [-0.39, 0.29) is 16.3 Å². The lowest BCUT2D eigenvalue weighted by Gasteiger charge is -2.17. The first kappa shape index (κ1) is 17.0. The van der Waals surface area contributed by atoms with Gasteiger partial charge in [-0.2, -0.15) is 0 Å². The molecule has 0 atom stereocenters. The number of methoxy groups -OCH3 is 2. The van der Waals surface area contributed by atoms with Gasteiger partial charge in [0, 0.05) is 18.2 Å². The van der Waals surface area contributed by atoms with Crippen LogP contribution in [0.25, 0.3) is 5.57 Å². The first-order valence-electron chi connectivity index (χ1n) is 7.24. The Labute approximate surface area is 148 Å². The van der Waals surface area contributed by atoms with Gasteiger partial charge < -0.3 is 9.47 Å². The van der Waals surface area contributed by atoms with Crippen LogP contribution in [0.3, 0.4) is 0 Å². The van der Waals surface area contributed by atoms with Crippen molar-refractivity contribution < 1.29 is 23.5 Å². The Balaban J connectivity index is 2.05. The molecule has 0 N–H and O–H groups in total. The van der Waals surface area contributed by atoms with Gasteiger partial charge in [-0.15, -0.1) is 0 Å². The van der Waals surface area contributed by atoms with Crippen LogP contribution in [0.1, 0.15) is 5.56 Å². The minimum atomic E-state index is -0.665. The highest BCUT2D eigenvalue weighted by molar-refractivity contribution is 6.60. The number of carbonyl (C=O) groups excluding carboxylic acids is 2. The lowest BCUT2D eigenvalue weighted by Crippen LogP contribution is -2.31. The van der Waals surface area contributed by atoms with E-state index < -0.39 is 17.6 Å². The van der Waals surface area contributed by atoms with Gasteiger partial charge in [0.1, 0.15) is 22.3 Å². The highest BCUT2D eigenvalue weighted by atomic mass is 35.5. The molecule has 2 aromatic carbocycles. The van der Waals surface area contributed by atoms with Crippen LogP contribution < -0.4 is 14.4 Å². The van der Waals surface area contributed by atoms with Crippen molar-refractivity contribution in [3.8, 4) is 11.5 Å². The summed E-state index contributed by atoms with van der Waals surface area (Å²) in [4.78, 5) is 26.3. The number of imide groups is 1. The van der Waals surface area contributed by atoms with Gasteiger partial charge in [-0.05, 0) is 17.7 Å². The van der Waals surface area contributed by atoms with Crippen molar-refractivity contribution >= 4 is 34.7 Å². The van der Waals surface area contributed by atoms with E-state index in [1.165, 1.54) is 50.6 Å². The van der Waals surface area contributed by atoms with Crippen LogP contribution in [0, 0.1) is 5.82 Å². The zero-order valence-corrected chi connectivity index (χ0v) is 14.1. The van der Waals surface area contributed by atoms with Crippen LogP contribution in [0.5, 0.6) is 11.5 Å². The predicted octanol–water partition coefficient (Wildman–Crippen LogP) is 3.37. The third-order valence-corrected chi connectivity index (χ3v) is 4.11. The molecule has 1 aliphatic rings. The number of halogens is 2. The molecule has 2 aromatic rings. The lowest BCUT2D eigenvalue weighted by atomic mass is 10.1. The molecule has 2 amide bonds. The predicted molar refractivity (Wildman–Crippen MR) is 91.2 cm³/mol. The number of ether oxygens (including phenoxy) is 2. The smallest absolute Gasteiger partial charge is 0.277 e. The zero-order chi connectivity index (χ0) is 18.1. The van der Waals surface area contributed by atoms with E-state index in [1.54, 1.807) is 6.07 Å². The van der Waals surface area contributed by atoms with E-state index in [0.29, 0.717) is 17.1 Å². The molecule has 0 saturated heterocycles. The van der Waals surface area contributed by atoms with Crippen LogP contribution in [-0.4, -0.2) is 26.0 Å². The second kappa shape index (κ2) is 6.57. The minimum absolute atomic E-state index is 0.0217. The largest absolute Gasteiger partial charge is 0.497 e. The molecule has 0 bridgehead atoms. The molecule has 0 aliphatic carbocycles. The van der Waals surface area contributed by atoms with Crippen LogP contribution in [0.2, 0.25) is 0 Å². The fourth-order valence-electron chi connectivity index (χ4n) is 2.53. The van der Waals surface area contributed by atoms with Gasteiger partial charge in [-0.3, -0.25) is 9.59 Å². The SMILES string of the molecule is COc1cc(OC)cc(N2C(=O)C(Cl)=C(c3ccc(F)cc3)C2=O)c1. The van der Waals surface area contributed by atoms with E-state index in [0.717, 1.165) is 4.90 Å². The van der Waals surface area contributed by atoms with Crippen molar-refractivity contribution in [1.29, 1.82) is 0 Å². The van der Waals surface area contributed by atoms with Gasteiger partial charge >= 0.3 is 0 Å². The van der Waals surface area contributed by atoms with Gasteiger partial charge in [0.25, 0.3) is 11.8 Å². The Morgan fingerprint density at radius 3 is 2.00 bits per heavy atom. The molecule has 7 heteroatoms. The number of carbonyl (C=O) groups is 2. The van der Waals surface area contributed by atoms with Gasteiger partial charge in [-0.1, -0.05) is 23.7 Å². The van der Waals surface area contributed by atoms with E-state index >= 15 is 0 Å². The first-order valence-corrected chi connectivity index (χ1v) is 7.61. The molecule has 5 nitrogen and oxygen atoms in total. The molecule has 0 fully saturated rings. The van der Waals surface area contributed by atoms with Crippen molar-refractivity contribution in [2.24, 2.45) is 0 Å². The number of nitrogens with zero attached hydrogens (tertiary/aromatic N) is 1. The molecular weight excluding hydrogens is 349 g/mol. The zero-order valence-electron chi connectivity index (χ0n) is 13.4. The summed E-state index contributed by atoms with van der Waals surface area (Å²) in [5.41, 5.74) is 0.650. The average molecular weight is 362 g/mol. The van der Waals surface area contributed by atoms with Crippen molar-refractivity contribution in [3.63, 3.8) is 0 Å². The molecular formula is C18H13ClFNO4. The van der Waals surface area contributed by atoms with Crippen LogP contribution >= 0.6 is 11.6 Å². The van der Waals surface area contributed by atoms with Gasteiger partial charge in [-0.25, -0.2) is 9.29 Å². The average Bonchev–Trinajstić information content (AvgIpc) is 2.84. The third-order valence-electron chi connectivity index (χ3n) is 3.75. The maximum absolute atomic E-state index is 13.1. The Bertz CT molecular complexity index is 870. The van der Waals surface area contributed by atoms with Gasteiger partial charge in [0.05, 0.1) is 25.5 Å². The van der Waals surface area contributed by atoms with Crippen molar-refractivity contribution in [2.45, 2.75) is 0 Å². The highest BCUT2D eigenvalue weighted by Gasteiger charge is 2.39. The van der Waals surface area contributed by atoms with Crippen molar-refractivity contribution in [1.82, 2.24) is 0 Å². The number of anilines is 1. The quantitative estimate of drug-likeness (QED) is 0.783. The molecule has 1 heterocycles. The Kier molecular flexibility index (Phi) is 4.46. The summed E-state index contributed by atoms with van der Waals surface area (Å²) in [5, 5.41) is -0.224. The van der Waals surface area contributed by atoms with Gasteiger partial charge in [0.2, 0.25) is 0 Å². The first-order chi connectivity index (χ1) is 12.0. The van der Waals surface area contributed by atoms with Crippen molar-refractivity contribution in [2.75, 3.05) is 19.1 Å². The summed E-state index contributed by atoms with van der Waals surface area (Å²) in [6.45, 7) is 0. The molecule has 3 rings (SSSR count). The molecule has 0 saturated carbocycles. The molecule has 128 valence electrons. The normalized spacial score (nSPS) is 14.3. The summed E-state index contributed by atoms with van der Waals surface area (Å²) in [7, 11) is 2.92. The van der Waals surface area contributed by atoms with Crippen molar-refractivity contribution in [3.05, 3.63) is 58.9 Å². The maximum atomic E-state index is 13.1. The standard InChI is InChI=1S/C18H13ClFNO4/c1-24-13-7-12(8-14(9-13)25-2)21-17(22)15(16(19)18(21)23)10-3-5-11(20)6-4-10/h3-9H,1-2H3. The molecule has 25 heavy (non-hydrogen) atoms. The Morgan fingerprint density at radius 1 is 0.920 bits per heavy atom. The van der Waals surface area contributed by atoms with E-state index in [4.69, 9.17) is 21.1 Å². The Morgan fingerprint density at radius 2 is 1.48 bits per heavy atom. The van der Waals surface area contributed by atoms with E-state index in [1.807, 2.05) is 0 Å². The monoisotopic (exact) mass is 361 g/mol. The molecule has 0 radical (unpaired) electrons. The summed E-state index contributed by atoms with van der Waals surface area (Å²) in [5.74, 6) is -0.882. The molecule has 0 aromatic heterocycles. The summed E-state index contributed by atoms with van der Waals surface area (Å²) in [6.07, 6.45) is 0. The molecule has 0 unspecified atom stereocenters. The third kappa shape index (κ3) is 2.96. The van der Waals surface area contributed by atoms with Gasteiger partial charge in [0.15, 0.2) is 0 Å². The maximum Gasteiger partial charge on any atom is 0.277 e. The minimum Gasteiger partial charge on any atom is -0.497 e. The molecule has 0 spiro atoms. The number of amides is 2. The number of benzene rings is 2.